The van der Waals surface area contributed by atoms with E-state index in [1.54, 1.807) is 23.6 Å². The van der Waals surface area contributed by atoms with E-state index in [-0.39, 0.29) is 6.04 Å². The van der Waals surface area contributed by atoms with E-state index in [0.29, 0.717) is 11.4 Å². The fourth-order valence-electron chi connectivity index (χ4n) is 2.29. The van der Waals surface area contributed by atoms with Crippen LogP contribution in [0.1, 0.15) is 29.4 Å². The van der Waals surface area contributed by atoms with E-state index in [1.165, 1.54) is 0 Å². The highest BCUT2D eigenvalue weighted by atomic mass is 35.5. The molecule has 1 aromatic carbocycles. The molecular formula is C14H11ClN4S. The maximum Gasteiger partial charge on any atom is 0.125 e. The number of thiazole rings is 1. The molecule has 0 bridgehead atoms. The molecule has 0 saturated carbocycles. The second-order valence-corrected chi connectivity index (χ2v) is 5.59. The zero-order valence-corrected chi connectivity index (χ0v) is 12.3. The molecule has 3 aromatic rings. The summed E-state index contributed by atoms with van der Waals surface area (Å²) in [5, 5.41) is 12.0. The van der Waals surface area contributed by atoms with Gasteiger partial charge in [0.1, 0.15) is 10.8 Å². The number of rotatable bonds is 3. The van der Waals surface area contributed by atoms with E-state index in [0.717, 1.165) is 21.9 Å². The smallest absolute Gasteiger partial charge is 0.125 e. The van der Waals surface area contributed by atoms with E-state index in [4.69, 9.17) is 16.9 Å². The molecule has 0 saturated heterocycles. The SMILES string of the molecule is CC(c1nccs1)n1c(CCl)nc2ccc(C#N)cc21. The van der Waals surface area contributed by atoms with Crippen LogP contribution in [0.2, 0.25) is 0 Å². The molecule has 1 unspecified atom stereocenters. The van der Waals surface area contributed by atoms with Gasteiger partial charge in [-0.25, -0.2) is 9.97 Å². The number of halogens is 1. The lowest BCUT2D eigenvalue weighted by atomic mass is 10.2. The van der Waals surface area contributed by atoms with Gasteiger partial charge in [-0.2, -0.15) is 5.26 Å². The van der Waals surface area contributed by atoms with Crippen molar-refractivity contribution in [1.82, 2.24) is 14.5 Å². The third kappa shape index (κ3) is 2.07. The Labute approximate surface area is 125 Å². The lowest BCUT2D eigenvalue weighted by Crippen LogP contribution is -2.09. The Balaban J connectivity index is 2.24. The summed E-state index contributed by atoms with van der Waals surface area (Å²) in [6, 6.07) is 7.68. The molecule has 100 valence electrons. The van der Waals surface area contributed by atoms with Gasteiger partial charge in [0, 0.05) is 11.6 Å². The van der Waals surface area contributed by atoms with Gasteiger partial charge in [-0.1, -0.05) is 0 Å². The first-order valence-electron chi connectivity index (χ1n) is 6.11. The average Bonchev–Trinajstić information content (AvgIpc) is 3.12. The van der Waals surface area contributed by atoms with Gasteiger partial charge in [-0.3, -0.25) is 0 Å². The van der Waals surface area contributed by atoms with Crippen molar-refractivity contribution in [3.05, 3.63) is 46.2 Å². The Morgan fingerprint density at radius 1 is 1.50 bits per heavy atom. The van der Waals surface area contributed by atoms with Gasteiger partial charge in [0.05, 0.1) is 34.6 Å². The number of nitrogens with zero attached hydrogens (tertiary/aromatic N) is 4. The van der Waals surface area contributed by atoms with Gasteiger partial charge in [-0.15, -0.1) is 22.9 Å². The average molecular weight is 303 g/mol. The summed E-state index contributed by atoms with van der Waals surface area (Å²) in [6.45, 7) is 2.06. The van der Waals surface area contributed by atoms with Crippen LogP contribution in [-0.2, 0) is 5.88 Å². The standard InChI is InChI=1S/C14H11ClN4S/c1-9(14-17-4-5-20-14)19-12-6-10(8-16)2-3-11(12)18-13(19)7-15/h2-6,9H,7H2,1H3. The topological polar surface area (TPSA) is 54.5 Å². The second kappa shape index (κ2) is 5.23. The van der Waals surface area contributed by atoms with Gasteiger partial charge in [0.15, 0.2) is 0 Å². The highest BCUT2D eigenvalue weighted by Crippen LogP contribution is 2.28. The molecule has 0 aliphatic rings. The van der Waals surface area contributed by atoms with Crippen molar-refractivity contribution in [3.8, 4) is 6.07 Å². The van der Waals surface area contributed by atoms with E-state index < -0.39 is 0 Å². The van der Waals surface area contributed by atoms with Crippen molar-refractivity contribution < 1.29 is 0 Å². The van der Waals surface area contributed by atoms with Gasteiger partial charge in [0.25, 0.3) is 0 Å². The fraction of sp³-hybridized carbons (Fsp3) is 0.214. The number of fused-ring (bicyclic) bond motifs is 1. The molecule has 0 N–H and O–H groups in total. The lowest BCUT2D eigenvalue weighted by Gasteiger charge is -2.14. The molecular weight excluding hydrogens is 292 g/mol. The molecule has 6 heteroatoms. The van der Waals surface area contributed by atoms with Crippen molar-refractivity contribution in [2.75, 3.05) is 0 Å². The van der Waals surface area contributed by atoms with Crippen LogP contribution in [0.15, 0.2) is 29.8 Å². The fourth-order valence-corrected chi connectivity index (χ4v) is 3.16. The maximum absolute atomic E-state index is 9.06. The number of imidazole rings is 1. The molecule has 0 aliphatic carbocycles. The Kier molecular flexibility index (Phi) is 3.43. The predicted octanol–water partition coefficient (Wildman–Crippen LogP) is 3.71. The number of benzene rings is 1. The monoisotopic (exact) mass is 302 g/mol. The highest BCUT2D eigenvalue weighted by molar-refractivity contribution is 7.09. The van der Waals surface area contributed by atoms with Crippen molar-refractivity contribution in [2.45, 2.75) is 18.8 Å². The summed E-state index contributed by atoms with van der Waals surface area (Å²) in [4.78, 5) is 8.89. The first kappa shape index (κ1) is 13.1. The van der Waals surface area contributed by atoms with Crippen LogP contribution in [-0.4, -0.2) is 14.5 Å². The zero-order valence-electron chi connectivity index (χ0n) is 10.7. The minimum Gasteiger partial charge on any atom is -0.317 e. The third-order valence-electron chi connectivity index (χ3n) is 3.21. The van der Waals surface area contributed by atoms with Crippen molar-refractivity contribution in [3.63, 3.8) is 0 Å². The Morgan fingerprint density at radius 2 is 2.35 bits per heavy atom. The second-order valence-electron chi connectivity index (χ2n) is 4.39. The zero-order chi connectivity index (χ0) is 14.1. The lowest BCUT2D eigenvalue weighted by molar-refractivity contribution is 0.630. The van der Waals surface area contributed by atoms with E-state index in [9.17, 15) is 0 Å². The molecule has 4 nitrogen and oxygen atoms in total. The van der Waals surface area contributed by atoms with E-state index in [2.05, 4.69) is 27.5 Å². The Bertz CT molecular complexity index is 785. The van der Waals surface area contributed by atoms with Crippen molar-refractivity contribution >= 4 is 34.0 Å². The number of aromatic nitrogens is 3. The molecule has 0 aliphatic heterocycles. The van der Waals surface area contributed by atoms with Crippen LogP contribution in [0.3, 0.4) is 0 Å². The maximum atomic E-state index is 9.06. The van der Waals surface area contributed by atoms with Gasteiger partial charge < -0.3 is 4.57 Å². The van der Waals surface area contributed by atoms with Crippen LogP contribution in [0.25, 0.3) is 11.0 Å². The summed E-state index contributed by atoms with van der Waals surface area (Å²) < 4.78 is 2.06. The third-order valence-corrected chi connectivity index (χ3v) is 4.39. The summed E-state index contributed by atoms with van der Waals surface area (Å²) >= 11 is 7.62. The Morgan fingerprint density at radius 3 is 3.00 bits per heavy atom. The molecule has 0 radical (unpaired) electrons. The van der Waals surface area contributed by atoms with Gasteiger partial charge in [0.2, 0.25) is 0 Å². The van der Waals surface area contributed by atoms with Crippen LogP contribution in [0.4, 0.5) is 0 Å². The molecule has 3 rings (SSSR count). The molecule has 2 aromatic heterocycles. The predicted molar refractivity (Wildman–Crippen MR) is 79.9 cm³/mol. The summed E-state index contributed by atoms with van der Waals surface area (Å²) in [6.07, 6.45) is 1.79. The number of hydrogen-bond acceptors (Lipinski definition) is 4. The van der Waals surface area contributed by atoms with Crippen molar-refractivity contribution in [2.24, 2.45) is 0 Å². The molecule has 0 fully saturated rings. The molecule has 20 heavy (non-hydrogen) atoms. The molecule has 0 amide bonds. The Hall–Kier alpha value is -1.90. The molecule has 0 spiro atoms. The van der Waals surface area contributed by atoms with Crippen molar-refractivity contribution in [1.29, 1.82) is 5.26 Å². The first-order valence-corrected chi connectivity index (χ1v) is 7.52. The molecule has 1 atom stereocenters. The summed E-state index contributed by atoms with van der Waals surface area (Å²) in [5.41, 5.74) is 2.39. The van der Waals surface area contributed by atoms with Gasteiger partial charge in [-0.05, 0) is 25.1 Å². The van der Waals surface area contributed by atoms with Crippen LogP contribution < -0.4 is 0 Å². The number of hydrogen-bond donors (Lipinski definition) is 0. The summed E-state index contributed by atoms with van der Waals surface area (Å²) in [5.74, 6) is 1.12. The van der Waals surface area contributed by atoms with Crippen LogP contribution in [0, 0.1) is 11.3 Å². The first-order chi connectivity index (χ1) is 9.74. The van der Waals surface area contributed by atoms with E-state index in [1.807, 2.05) is 17.5 Å². The van der Waals surface area contributed by atoms with E-state index >= 15 is 0 Å². The summed E-state index contributed by atoms with van der Waals surface area (Å²) in [7, 11) is 0. The largest absolute Gasteiger partial charge is 0.317 e. The number of nitriles is 1. The van der Waals surface area contributed by atoms with Crippen LogP contribution >= 0.6 is 22.9 Å². The van der Waals surface area contributed by atoms with Gasteiger partial charge >= 0.3 is 0 Å². The minimum atomic E-state index is 0.0442. The van der Waals surface area contributed by atoms with Crippen LogP contribution in [0.5, 0.6) is 0 Å². The number of alkyl halides is 1. The normalized spacial score (nSPS) is 12.4. The highest BCUT2D eigenvalue weighted by Gasteiger charge is 2.18. The minimum absolute atomic E-state index is 0.0442. The quantitative estimate of drug-likeness (QED) is 0.693. The molecule has 2 heterocycles.